The predicted octanol–water partition coefficient (Wildman–Crippen LogP) is 3.87. The minimum absolute atomic E-state index is 0.0101. The van der Waals surface area contributed by atoms with E-state index in [0.717, 1.165) is 42.6 Å². The molecule has 172 valence electrons. The first kappa shape index (κ1) is 22.6. The maximum Gasteiger partial charge on any atom is 0.321 e. The summed E-state index contributed by atoms with van der Waals surface area (Å²) in [5.74, 6) is 0.798. The molecule has 32 heavy (non-hydrogen) atoms. The largest absolute Gasteiger partial charge is 0.497 e. The first-order valence-corrected chi connectivity index (χ1v) is 11.4. The number of ether oxygens (including phenoxy) is 1. The number of carbonyl (C=O) groups excluding carboxylic acids is 1. The molecule has 1 spiro atoms. The number of hydrogen-bond donors (Lipinski definition) is 2. The van der Waals surface area contributed by atoms with E-state index in [1.165, 1.54) is 0 Å². The number of urea groups is 1. The Bertz CT molecular complexity index is 935. The summed E-state index contributed by atoms with van der Waals surface area (Å²) in [7, 11) is 1.65. The average Bonchev–Trinajstić information content (AvgIpc) is 2.95. The number of nitrogens with zero attached hydrogens (tertiary/aromatic N) is 2. The first-order chi connectivity index (χ1) is 15.3. The van der Waals surface area contributed by atoms with Gasteiger partial charge in [-0.2, -0.15) is 0 Å². The van der Waals surface area contributed by atoms with Crippen LogP contribution in [0.1, 0.15) is 50.7 Å². The zero-order chi connectivity index (χ0) is 23.0. The third-order valence-electron chi connectivity index (χ3n) is 7.93. The molecule has 0 unspecified atom stereocenters. The normalized spacial score (nSPS) is 27.2. The molecule has 6 heteroatoms. The monoisotopic (exact) mass is 437 g/mol. The second-order valence-corrected chi connectivity index (χ2v) is 9.70. The molecule has 2 amide bonds. The molecule has 0 atom stereocenters. The summed E-state index contributed by atoms with van der Waals surface area (Å²) in [4.78, 5) is 17.5. The highest BCUT2D eigenvalue weighted by molar-refractivity contribution is 5.80. The molecule has 1 aliphatic carbocycles. The summed E-state index contributed by atoms with van der Waals surface area (Å²) >= 11 is 0. The van der Waals surface area contributed by atoms with Crippen LogP contribution in [0.2, 0.25) is 0 Å². The molecule has 2 aliphatic rings. The average molecular weight is 438 g/mol. The summed E-state index contributed by atoms with van der Waals surface area (Å²) < 4.78 is 5.27. The van der Waals surface area contributed by atoms with Crippen molar-refractivity contribution in [3.63, 3.8) is 0 Å². The van der Waals surface area contributed by atoms with Gasteiger partial charge in [-0.1, -0.05) is 42.5 Å². The van der Waals surface area contributed by atoms with E-state index in [0.29, 0.717) is 13.1 Å². The Morgan fingerprint density at radius 3 is 2.16 bits per heavy atom. The van der Waals surface area contributed by atoms with Gasteiger partial charge in [0, 0.05) is 18.6 Å². The van der Waals surface area contributed by atoms with Gasteiger partial charge in [-0.25, -0.2) is 4.79 Å². The van der Waals surface area contributed by atoms with Gasteiger partial charge in [0.15, 0.2) is 0 Å². The third kappa shape index (κ3) is 3.55. The van der Waals surface area contributed by atoms with Crippen LogP contribution >= 0.6 is 0 Å². The van der Waals surface area contributed by atoms with Gasteiger partial charge in [-0.15, -0.1) is 0 Å². The zero-order valence-corrected chi connectivity index (χ0v) is 19.4. The second-order valence-electron chi connectivity index (χ2n) is 9.70. The highest BCUT2D eigenvalue weighted by atomic mass is 16.5. The number of nitrogens with two attached hydrogens (primary N) is 1. The van der Waals surface area contributed by atoms with Crippen molar-refractivity contribution >= 4 is 6.03 Å². The number of carbonyl (C=O) groups is 1. The van der Waals surface area contributed by atoms with Gasteiger partial charge in [0.1, 0.15) is 5.75 Å². The lowest BCUT2D eigenvalue weighted by molar-refractivity contribution is 0.0106. The molecule has 2 fully saturated rings. The van der Waals surface area contributed by atoms with Crippen LogP contribution in [0, 0.1) is 0 Å². The Morgan fingerprint density at radius 2 is 1.59 bits per heavy atom. The molecule has 1 saturated carbocycles. The Kier molecular flexibility index (Phi) is 5.94. The number of β-amino-alcohol motifs (C(OH)–C–C–N with tert-alkyl or cyclic N) is 1. The van der Waals surface area contributed by atoms with Crippen molar-refractivity contribution in [3.8, 4) is 5.75 Å². The summed E-state index contributed by atoms with van der Waals surface area (Å²) in [5, 5.41) is 9.79. The minimum atomic E-state index is -0.406. The SMILES string of the molecule is COc1ccc(CN2C(=O)N(CCO)C3(CCC(N)(c4ccccc4)CC3)C2(C)C)cc1. The lowest BCUT2D eigenvalue weighted by atomic mass is 9.63. The molecule has 1 heterocycles. The maximum absolute atomic E-state index is 13.6. The van der Waals surface area contributed by atoms with E-state index >= 15 is 0 Å². The molecular weight excluding hydrogens is 402 g/mol. The van der Waals surface area contributed by atoms with E-state index in [2.05, 4.69) is 26.0 Å². The van der Waals surface area contributed by atoms with E-state index in [4.69, 9.17) is 10.5 Å². The van der Waals surface area contributed by atoms with Gasteiger partial charge in [-0.3, -0.25) is 0 Å². The summed E-state index contributed by atoms with van der Waals surface area (Å²) in [6, 6.07) is 18.1. The minimum Gasteiger partial charge on any atom is -0.497 e. The molecule has 6 nitrogen and oxygen atoms in total. The lowest BCUT2D eigenvalue weighted by Gasteiger charge is -2.53. The molecule has 0 radical (unpaired) electrons. The summed E-state index contributed by atoms with van der Waals surface area (Å²) in [6.45, 7) is 5.14. The maximum atomic E-state index is 13.6. The van der Waals surface area contributed by atoms with Crippen molar-refractivity contribution in [2.45, 2.75) is 62.7 Å². The number of methoxy groups -OCH3 is 1. The standard InChI is InChI=1S/C26H35N3O3/c1-24(2)26(15-13-25(27,14-16-26)21-7-5-4-6-8-21)28(17-18-30)23(31)29(24)19-20-9-11-22(32-3)12-10-20/h4-12,30H,13-19,27H2,1-3H3. The molecule has 2 aromatic carbocycles. The summed E-state index contributed by atoms with van der Waals surface area (Å²) in [5.41, 5.74) is 7.93. The van der Waals surface area contributed by atoms with Crippen LogP contribution in [-0.2, 0) is 12.1 Å². The topological polar surface area (TPSA) is 79.0 Å². The highest BCUT2D eigenvalue weighted by Crippen LogP contribution is 2.53. The van der Waals surface area contributed by atoms with Crippen molar-refractivity contribution in [2.75, 3.05) is 20.3 Å². The van der Waals surface area contributed by atoms with Crippen LogP contribution in [-0.4, -0.2) is 52.3 Å². The Labute approximate surface area is 191 Å². The predicted molar refractivity (Wildman–Crippen MR) is 125 cm³/mol. The number of benzene rings is 2. The van der Waals surface area contributed by atoms with Gasteiger partial charge in [0.2, 0.25) is 0 Å². The van der Waals surface area contributed by atoms with Crippen molar-refractivity contribution < 1.29 is 14.6 Å². The van der Waals surface area contributed by atoms with Crippen molar-refractivity contribution in [1.29, 1.82) is 0 Å². The van der Waals surface area contributed by atoms with Crippen LogP contribution in [0.5, 0.6) is 5.75 Å². The van der Waals surface area contributed by atoms with Gasteiger partial charge in [0.25, 0.3) is 0 Å². The quantitative estimate of drug-likeness (QED) is 0.719. The van der Waals surface area contributed by atoms with Gasteiger partial charge in [-0.05, 0) is 62.8 Å². The van der Waals surface area contributed by atoms with Crippen LogP contribution in [0.15, 0.2) is 54.6 Å². The highest BCUT2D eigenvalue weighted by Gasteiger charge is 2.63. The van der Waals surface area contributed by atoms with Gasteiger partial charge < -0.3 is 25.4 Å². The van der Waals surface area contributed by atoms with Crippen LogP contribution in [0.4, 0.5) is 4.79 Å². The number of aliphatic hydroxyl groups is 1. The number of hydrogen-bond acceptors (Lipinski definition) is 4. The Hall–Kier alpha value is -2.57. The van der Waals surface area contributed by atoms with Crippen LogP contribution in [0.25, 0.3) is 0 Å². The molecule has 2 aromatic rings. The fraction of sp³-hybridized carbons (Fsp3) is 0.500. The molecule has 0 bridgehead atoms. The molecule has 1 saturated heterocycles. The third-order valence-corrected chi connectivity index (χ3v) is 7.93. The van der Waals surface area contributed by atoms with Crippen molar-refractivity contribution in [2.24, 2.45) is 5.73 Å². The van der Waals surface area contributed by atoms with E-state index in [1.54, 1.807) is 7.11 Å². The smallest absolute Gasteiger partial charge is 0.321 e. The van der Waals surface area contributed by atoms with Gasteiger partial charge in [0.05, 0.1) is 24.8 Å². The molecule has 4 rings (SSSR count). The van der Waals surface area contributed by atoms with E-state index in [9.17, 15) is 9.90 Å². The van der Waals surface area contributed by atoms with Gasteiger partial charge >= 0.3 is 6.03 Å². The van der Waals surface area contributed by atoms with E-state index < -0.39 is 5.54 Å². The fourth-order valence-corrected chi connectivity index (χ4v) is 5.79. The zero-order valence-electron chi connectivity index (χ0n) is 19.4. The van der Waals surface area contributed by atoms with Crippen LogP contribution in [0.3, 0.4) is 0 Å². The Morgan fingerprint density at radius 1 is 0.969 bits per heavy atom. The number of aliphatic hydroxyl groups excluding tert-OH is 1. The molecule has 1 aliphatic heterocycles. The van der Waals surface area contributed by atoms with E-state index in [1.807, 2.05) is 52.3 Å². The van der Waals surface area contributed by atoms with Crippen molar-refractivity contribution in [3.05, 3.63) is 65.7 Å². The molecular formula is C26H35N3O3. The summed E-state index contributed by atoms with van der Waals surface area (Å²) in [6.07, 6.45) is 3.20. The van der Waals surface area contributed by atoms with E-state index in [-0.39, 0.29) is 23.7 Å². The second kappa shape index (κ2) is 8.41. The number of amides is 2. The Balaban J connectivity index is 1.62. The molecule has 0 aromatic heterocycles. The fourth-order valence-electron chi connectivity index (χ4n) is 5.79. The number of rotatable bonds is 6. The first-order valence-electron chi connectivity index (χ1n) is 11.4. The lowest BCUT2D eigenvalue weighted by Crippen LogP contribution is -2.62. The van der Waals surface area contributed by atoms with Crippen molar-refractivity contribution in [1.82, 2.24) is 9.80 Å². The van der Waals surface area contributed by atoms with Crippen LogP contribution < -0.4 is 10.5 Å². The molecule has 3 N–H and O–H groups in total.